The van der Waals surface area contributed by atoms with Gasteiger partial charge in [0.1, 0.15) is 5.65 Å². The number of pyridine rings is 1. The molecule has 112 valence electrons. The van der Waals surface area contributed by atoms with Crippen LogP contribution in [0.15, 0.2) is 29.0 Å². The van der Waals surface area contributed by atoms with Gasteiger partial charge in [-0.15, -0.1) is 24.8 Å². The van der Waals surface area contributed by atoms with Crippen molar-refractivity contribution in [3.63, 3.8) is 0 Å². The van der Waals surface area contributed by atoms with E-state index in [-0.39, 0.29) is 30.7 Å². The van der Waals surface area contributed by atoms with E-state index in [9.17, 15) is 4.79 Å². The van der Waals surface area contributed by atoms with E-state index in [0.29, 0.717) is 19.5 Å². The minimum absolute atomic E-state index is 0. The number of fused-ring (bicyclic) bond motifs is 1. The van der Waals surface area contributed by atoms with Crippen LogP contribution in [-0.2, 0) is 11.3 Å². The molecule has 0 aliphatic carbocycles. The monoisotopic (exact) mass is 382 g/mol. The number of hydrogen-bond acceptors (Lipinski definition) is 3. The Morgan fingerprint density at radius 1 is 1.35 bits per heavy atom. The van der Waals surface area contributed by atoms with E-state index >= 15 is 0 Å². The number of carbonyl (C=O) groups excluding carboxylic acids is 1. The van der Waals surface area contributed by atoms with Gasteiger partial charge in [-0.1, -0.05) is 0 Å². The molecule has 8 heteroatoms. The molecule has 0 saturated heterocycles. The topological polar surface area (TPSA) is 58.4 Å². The summed E-state index contributed by atoms with van der Waals surface area (Å²) in [6.45, 7) is 1.14. The zero-order valence-electron chi connectivity index (χ0n) is 10.9. The molecule has 2 aromatic heterocycles. The van der Waals surface area contributed by atoms with Crippen molar-refractivity contribution in [1.29, 1.82) is 0 Å². The highest BCUT2D eigenvalue weighted by molar-refractivity contribution is 9.10. The molecule has 0 aliphatic heterocycles. The lowest BCUT2D eigenvalue weighted by molar-refractivity contribution is -0.121. The van der Waals surface area contributed by atoms with Crippen LogP contribution in [0.5, 0.6) is 0 Å². The Kier molecular flexibility index (Phi) is 8.80. The molecule has 5 nitrogen and oxygen atoms in total. The lowest BCUT2D eigenvalue weighted by atomic mass is 10.4. The molecule has 1 amide bonds. The Labute approximate surface area is 138 Å². The molecule has 0 aromatic carbocycles. The average Bonchev–Trinajstić information content (AvgIpc) is 2.75. The number of amides is 1. The van der Waals surface area contributed by atoms with Crippen LogP contribution in [-0.4, -0.2) is 28.9 Å². The highest BCUT2D eigenvalue weighted by atomic mass is 79.9. The van der Waals surface area contributed by atoms with Gasteiger partial charge in [0.25, 0.3) is 0 Å². The molecule has 0 radical (unpaired) electrons. The Bertz CT molecular complexity index is 561. The van der Waals surface area contributed by atoms with Crippen LogP contribution in [0.2, 0.25) is 0 Å². The molecule has 0 bridgehead atoms. The van der Waals surface area contributed by atoms with Crippen LogP contribution in [0, 0.1) is 0 Å². The zero-order chi connectivity index (χ0) is 13.0. The van der Waals surface area contributed by atoms with Crippen molar-refractivity contribution in [1.82, 2.24) is 20.0 Å². The molecule has 0 saturated carbocycles. The summed E-state index contributed by atoms with van der Waals surface area (Å²) in [5.74, 6) is 0.0302. The molecule has 2 N–H and O–H groups in total. The van der Waals surface area contributed by atoms with Crippen molar-refractivity contribution < 1.29 is 4.79 Å². The third kappa shape index (κ3) is 5.28. The maximum absolute atomic E-state index is 11.5. The van der Waals surface area contributed by atoms with Crippen LogP contribution >= 0.6 is 40.7 Å². The zero-order valence-corrected chi connectivity index (χ0v) is 14.1. The van der Waals surface area contributed by atoms with Gasteiger partial charge in [-0.2, -0.15) is 0 Å². The summed E-state index contributed by atoms with van der Waals surface area (Å²) in [6, 6.07) is 3.87. The maximum Gasteiger partial charge on any atom is 0.221 e. The van der Waals surface area contributed by atoms with Gasteiger partial charge < -0.3 is 15.0 Å². The van der Waals surface area contributed by atoms with Crippen molar-refractivity contribution >= 4 is 52.3 Å². The highest BCUT2D eigenvalue weighted by Gasteiger charge is 2.04. The fourth-order valence-electron chi connectivity index (χ4n) is 1.62. The quantitative estimate of drug-likeness (QED) is 0.831. The Morgan fingerprint density at radius 2 is 2.10 bits per heavy atom. The normalized spacial score (nSPS) is 9.70. The molecule has 2 aromatic rings. The van der Waals surface area contributed by atoms with Gasteiger partial charge in [-0.25, -0.2) is 4.98 Å². The Morgan fingerprint density at radius 3 is 2.80 bits per heavy atom. The van der Waals surface area contributed by atoms with Gasteiger partial charge in [-0.05, 0) is 35.1 Å². The predicted molar refractivity (Wildman–Crippen MR) is 87.8 cm³/mol. The smallest absolute Gasteiger partial charge is 0.221 e. The van der Waals surface area contributed by atoms with Crippen LogP contribution in [0.25, 0.3) is 5.65 Å². The second-order valence-electron chi connectivity index (χ2n) is 3.98. The van der Waals surface area contributed by atoms with Crippen LogP contribution in [0.1, 0.15) is 12.1 Å². The first-order chi connectivity index (χ1) is 8.69. The lowest BCUT2D eigenvalue weighted by Crippen LogP contribution is -2.26. The van der Waals surface area contributed by atoms with Gasteiger partial charge in [0.15, 0.2) is 0 Å². The largest absolute Gasteiger partial charge is 0.350 e. The number of imidazole rings is 1. The summed E-state index contributed by atoms with van der Waals surface area (Å²) in [6.07, 6.45) is 4.34. The summed E-state index contributed by atoms with van der Waals surface area (Å²) in [5.41, 5.74) is 1.73. The average molecular weight is 384 g/mol. The summed E-state index contributed by atoms with van der Waals surface area (Å²) in [7, 11) is 1.83. The van der Waals surface area contributed by atoms with Crippen LogP contribution in [0.3, 0.4) is 0 Å². The third-order valence-electron chi connectivity index (χ3n) is 2.53. The van der Waals surface area contributed by atoms with Gasteiger partial charge >= 0.3 is 0 Å². The summed E-state index contributed by atoms with van der Waals surface area (Å²) in [5, 5.41) is 5.78. The SMILES string of the molecule is CNCCC(=O)NCc1cn2cc(Br)ccc2n1.Cl.Cl. The molecule has 0 spiro atoms. The number of aromatic nitrogens is 2. The van der Waals surface area contributed by atoms with E-state index in [0.717, 1.165) is 15.8 Å². The predicted octanol–water partition coefficient (Wildman–Crippen LogP) is 2.17. The van der Waals surface area contributed by atoms with Crippen LogP contribution in [0.4, 0.5) is 0 Å². The van der Waals surface area contributed by atoms with Gasteiger partial charge in [-0.3, -0.25) is 4.79 Å². The minimum atomic E-state index is 0. The van der Waals surface area contributed by atoms with Gasteiger partial charge in [0.2, 0.25) is 5.91 Å². The standard InChI is InChI=1S/C12H15BrN4O.2ClH/c1-14-5-4-12(18)15-6-10-8-17-7-9(13)2-3-11(17)16-10;;/h2-3,7-8,14H,4-6H2,1H3,(H,15,18);2*1H. The molecule has 0 fully saturated rings. The number of nitrogens with one attached hydrogen (secondary N) is 2. The first-order valence-electron chi connectivity index (χ1n) is 5.73. The first kappa shape index (κ1) is 19.2. The molecule has 2 heterocycles. The second-order valence-corrected chi connectivity index (χ2v) is 4.89. The summed E-state index contributed by atoms with van der Waals surface area (Å²) >= 11 is 3.41. The second kappa shape index (κ2) is 9.18. The van der Waals surface area contributed by atoms with E-state index in [4.69, 9.17) is 0 Å². The van der Waals surface area contributed by atoms with Crippen molar-refractivity contribution in [2.75, 3.05) is 13.6 Å². The van der Waals surface area contributed by atoms with E-state index in [1.54, 1.807) is 0 Å². The van der Waals surface area contributed by atoms with Crippen molar-refractivity contribution in [3.05, 3.63) is 34.7 Å². The molecular weight excluding hydrogens is 367 g/mol. The molecule has 0 unspecified atom stereocenters. The van der Waals surface area contributed by atoms with Crippen molar-refractivity contribution in [2.24, 2.45) is 0 Å². The molecule has 0 atom stereocenters. The first-order valence-corrected chi connectivity index (χ1v) is 6.53. The summed E-state index contributed by atoms with van der Waals surface area (Å²) < 4.78 is 2.93. The van der Waals surface area contributed by atoms with Crippen LogP contribution < -0.4 is 10.6 Å². The number of hydrogen-bond donors (Lipinski definition) is 2. The van der Waals surface area contributed by atoms with E-state index in [2.05, 4.69) is 31.5 Å². The van der Waals surface area contributed by atoms with Gasteiger partial charge in [0, 0.05) is 29.8 Å². The fraction of sp³-hybridized carbons (Fsp3) is 0.333. The maximum atomic E-state index is 11.5. The lowest BCUT2D eigenvalue weighted by Gasteiger charge is -2.01. The van der Waals surface area contributed by atoms with Crippen molar-refractivity contribution in [2.45, 2.75) is 13.0 Å². The highest BCUT2D eigenvalue weighted by Crippen LogP contribution is 2.12. The van der Waals surface area contributed by atoms with Gasteiger partial charge in [0.05, 0.1) is 12.2 Å². The molecule has 0 aliphatic rings. The number of nitrogens with zero attached hydrogens (tertiary/aromatic N) is 2. The molecule has 20 heavy (non-hydrogen) atoms. The summed E-state index contributed by atoms with van der Waals surface area (Å²) in [4.78, 5) is 15.9. The van der Waals surface area contributed by atoms with E-state index in [1.807, 2.05) is 36.0 Å². The van der Waals surface area contributed by atoms with Crippen molar-refractivity contribution in [3.8, 4) is 0 Å². The van der Waals surface area contributed by atoms with E-state index < -0.39 is 0 Å². The number of carbonyl (C=O) groups is 1. The Balaban J connectivity index is 0.00000180. The number of halogens is 3. The third-order valence-corrected chi connectivity index (χ3v) is 3.00. The molecular formula is C12H17BrCl2N4O. The van der Waals surface area contributed by atoms with E-state index in [1.165, 1.54) is 0 Å². The minimum Gasteiger partial charge on any atom is -0.350 e. The Hall–Kier alpha value is -0.820. The molecule has 2 rings (SSSR count). The fourth-order valence-corrected chi connectivity index (χ4v) is 1.97. The number of rotatable bonds is 5.